The Morgan fingerprint density at radius 1 is 1.03 bits per heavy atom. The number of halogens is 1. The zero-order chi connectivity index (χ0) is 25.1. The number of anilines is 1. The van der Waals surface area contributed by atoms with Crippen molar-refractivity contribution in [1.82, 2.24) is 15.0 Å². The van der Waals surface area contributed by atoms with Gasteiger partial charge in [0, 0.05) is 32.0 Å². The number of benzene rings is 2. The lowest BCUT2D eigenvalue weighted by atomic mass is 9.95. The number of fused-ring (bicyclic) bond motifs is 2. The fourth-order valence-electron chi connectivity index (χ4n) is 4.99. The Morgan fingerprint density at radius 2 is 1.83 bits per heavy atom. The molecule has 0 spiro atoms. The summed E-state index contributed by atoms with van der Waals surface area (Å²) >= 11 is 0. The average molecular weight is 491 g/mol. The number of aryl methyl sites for hydroxylation is 1. The van der Waals surface area contributed by atoms with E-state index in [1.165, 1.54) is 20.0 Å². The zero-order valence-corrected chi connectivity index (χ0v) is 21.0. The molecule has 36 heavy (non-hydrogen) atoms. The Morgan fingerprint density at radius 3 is 2.56 bits per heavy atom. The van der Waals surface area contributed by atoms with Crippen molar-refractivity contribution in [3.05, 3.63) is 47.9 Å². The maximum atomic E-state index is 16.4. The maximum absolute atomic E-state index is 16.4. The minimum absolute atomic E-state index is 0.0929. The summed E-state index contributed by atoms with van der Waals surface area (Å²) in [6.45, 7) is 3.91. The summed E-state index contributed by atoms with van der Waals surface area (Å²) in [5.74, 6) is 0.757. The summed E-state index contributed by atoms with van der Waals surface area (Å²) in [6.07, 6.45) is 7.00. The normalized spacial score (nSPS) is 14.3. The Hall–Kier alpha value is -3.52. The van der Waals surface area contributed by atoms with Gasteiger partial charge in [0.05, 0.1) is 12.5 Å². The van der Waals surface area contributed by atoms with Crippen LogP contribution in [0.15, 0.2) is 36.5 Å². The second kappa shape index (κ2) is 10.6. The van der Waals surface area contributed by atoms with Gasteiger partial charge in [-0.2, -0.15) is 9.97 Å². The van der Waals surface area contributed by atoms with E-state index in [1.807, 2.05) is 24.3 Å². The number of aromatic nitrogens is 3. The monoisotopic (exact) mass is 490 g/mol. The van der Waals surface area contributed by atoms with Crippen molar-refractivity contribution in [2.75, 3.05) is 39.0 Å². The van der Waals surface area contributed by atoms with Crippen molar-refractivity contribution in [2.24, 2.45) is 0 Å². The van der Waals surface area contributed by atoms with Crippen LogP contribution >= 0.6 is 0 Å². The molecule has 1 saturated heterocycles. The molecule has 3 heterocycles. The molecule has 0 bridgehead atoms. The molecule has 0 N–H and O–H groups in total. The fraction of sp³-hybridized carbons (Fsp3) is 0.393. The second-order valence-electron chi connectivity index (χ2n) is 9.01. The minimum Gasteiger partial charge on any atom is -0.468 e. The molecule has 1 aliphatic rings. The van der Waals surface area contributed by atoms with Gasteiger partial charge in [0.15, 0.2) is 12.6 Å². The molecule has 5 rings (SSSR count). The summed E-state index contributed by atoms with van der Waals surface area (Å²) < 4.78 is 32.6. The molecule has 4 aromatic rings. The van der Waals surface area contributed by atoms with Crippen molar-refractivity contribution in [1.29, 1.82) is 0 Å². The van der Waals surface area contributed by atoms with E-state index < -0.39 is 5.82 Å². The van der Waals surface area contributed by atoms with E-state index in [9.17, 15) is 0 Å². The van der Waals surface area contributed by atoms with E-state index in [1.54, 1.807) is 13.3 Å². The average Bonchev–Trinajstić information content (AvgIpc) is 3.20. The highest BCUT2D eigenvalue weighted by Crippen LogP contribution is 2.38. The second-order valence-corrected chi connectivity index (χ2v) is 9.01. The van der Waals surface area contributed by atoms with E-state index >= 15 is 4.39 Å². The third kappa shape index (κ3) is 4.53. The van der Waals surface area contributed by atoms with Crippen LogP contribution in [0, 0.1) is 5.82 Å². The van der Waals surface area contributed by atoms with Gasteiger partial charge in [0.2, 0.25) is 0 Å². The van der Waals surface area contributed by atoms with Crippen molar-refractivity contribution in [2.45, 2.75) is 39.0 Å². The van der Waals surface area contributed by atoms with Crippen LogP contribution in [0.4, 0.5) is 10.2 Å². The summed E-state index contributed by atoms with van der Waals surface area (Å²) in [7, 11) is 3.07. The van der Waals surface area contributed by atoms with Crippen LogP contribution < -0.4 is 14.4 Å². The molecule has 0 saturated carbocycles. The lowest BCUT2D eigenvalue weighted by Gasteiger charge is -2.23. The third-order valence-electron chi connectivity index (χ3n) is 6.75. The highest BCUT2D eigenvalue weighted by molar-refractivity contribution is 6.01. The van der Waals surface area contributed by atoms with Crippen molar-refractivity contribution >= 4 is 27.5 Å². The van der Waals surface area contributed by atoms with Gasteiger partial charge in [0.1, 0.15) is 22.8 Å². The van der Waals surface area contributed by atoms with Gasteiger partial charge in [0.25, 0.3) is 0 Å². The number of hydrogen-bond acceptors (Lipinski definition) is 7. The third-order valence-corrected chi connectivity index (χ3v) is 6.75. The summed E-state index contributed by atoms with van der Waals surface area (Å²) in [5, 5.41) is 2.49. The standard InChI is InChI=1S/C28H31FN4O3/c1-4-18-10-9-11-19-14-20(36-17-34-2)15-21(23(18)19)25-24(29)26-22(16-30-25)27(32-28(31-26)35-3)33-12-7-5-6-8-13-33/h9-11,14-16H,4-8,12-13,17H2,1-3H3. The van der Waals surface area contributed by atoms with Crippen LogP contribution in [-0.2, 0) is 11.2 Å². The molecule has 188 valence electrons. The summed E-state index contributed by atoms with van der Waals surface area (Å²) in [5.41, 5.74) is 2.19. The van der Waals surface area contributed by atoms with E-state index in [0.29, 0.717) is 22.5 Å². The first kappa shape index (κ1) is 24.2. The summed E-state index contributed by atoms with van der Waals surface area (Å²) in [4.78, 5) is 15.9. The smallest absolute Gasteiger partial charge is 0.318 e. The number of ether oxygens (including phenoxy) is 3. The molecule has 1 fully saturated rings. The Balaban J connectivity index is 1.74. The molecule has 0 amide bonds. The first-order valence-electron chi connectivity index (χ1n) is 12.5. The van der Waals surface area contributed by atoms with Gasteiger partial charge in [-0.15, -0.1) is 0 Å². The van der Waals surface area contributed by atoms with Gasteiger partial charge in [-0.3, -0.25) is 4.98 Å². The number of rotatable bonds is 7. The van der Waals surface area contributed by atoms with Crippen molar-refractivity contribution < 1.29 is 18.6 Å². The number of methoxy groups -OCH3 is 2. The Bertz CT molecular complexity index is 1390. The molecule has 0 radical (unpaired) electrons. The molecule has 1 aliphatic heterocycles. The first-order chi connectivity index (χ1) is 17.6. The summed E-state index contributed by atoms with van der Waals surface area (Å²) in [6, 6.07) is 9.97. The number of hydrogen-bond donors (Lipinski definition) is 0. The predicted octanol–water partition coefficient (Wildman–Crippen LogP) is 5.92. The Labute approximate surface area is 210 Å². The SMILES string of the molecule is CCc1cccc2cc(OCOC)cc(-c3ncc4c(N5CCCCCC5)nc(OC)nc4c3F)c12. The van der Waals surface area contributed by atoms with Crippen LogP contribution in [0.3, 0.4) is 0 Å². The van der Waals surface area contributed by atoms with E-state index in [2.05, 4.69) is 32.8 Å². The number of pyridine rings is 1. The minimum atomic E-state index is -0.500. The van der Waals surface area contributed by atoms with Gasteiger partial charge >= 0.3 is 6.01 Å². The van der Waals surface area contributed by atoms with E-state index in [4.69, 9.17) is 14.2 Å². The van der Waals surface area contributed by atoms with Crippen LogP contribution in [0.5, 0.6) is 11.8 Å². The molecule has 0 unspecified atom stereocenters. The molecular formula is C28H31FN4O3. The zero-order valence-electron chi connectivity index (χ0n) is 21.0. The van der Waals surface area contributed by atoms with Gasteiger partial charge in [-0.05, 0) is 47.7 Å². The molecular weight excluding hydrogens is 459 g/mol. The largest absolute Gasteiger partial charge is 0.468 e. The van der Waals surface area contributed by atoms with Gasteiger partial charge in [-0.1, -0.05) is 38.0 Å². The van der Waals surface area contributed by atoms with Gasteiger partial charge < -0.3 is 19.1 Å². The van der Waals surface area contributed by atoms with Crippen molar-refractivity contribution in [3.8, 4) is 23.0 Å². The van der Waals surface area contributed by atoms with Gasteiger partial charge in [-0.25, -0.2) is 4.39 Å². The molecule has 2 aromatic heterocycles. The Kier molecular flexibility index (Phi) is 7.13. The van der Waals surface area contributed by atoms with Crippen molar-refractivity contribution in [3.63, 3.8) is 0 Å². The maximum Gasteiger partial charge on any atom is 0.318 e. The van der Waals surface area contributed by atoms with E-state index in [0.717, 1.165) is 48.7 Å². The van der Waals surface area contributed by atoms with Crippen LogP contribution in [0.1, 0.15) is 38.2 Å². The quantitative estimate of drug-likeness (QED) is 0.298. The predicted molar refractivity (Wildman–Crippen MR) is 139 cm³/mol. The fourth-order valence-corrected chi connectivity index (χ4v) is 4.99. The molecule has 0 atom stereocenters. The van der Waals surface area contributed by atoms with Crippen LogP contribution in [0.25, 0.3) is 32.9 Å². The number of nitrogens with zero attached hydrogens (tertiary/aromatic N) is 4. The molecule has 8 heteroatoms. The van der Waals surface area contributed by atoms with Crippen LogP contribution in [-0.4, -0.2) is 49.1 Å². The highest BCUT2D eigenvalue weighted by Gasteiger charge is 2.23. The highest BCUT2D eigenvalue weighted by atomic mass is 19.1. The topological polar surface area (TPSA) is 69.6 Å². The first-order valence-corrected chi connectivity index (χ1v) is 12.5. The lowest BCUT2D eigenvalue weighted by molar-refractivity contribution is 0.0512. The van der Waals surface area contributed by atoms with Crippen LogP contribution in [0.2, 0.25) is 0 Å². The molecule has 0 aliphatic carbocycles. The molecule has 2 aromatic carbocycles. The lowest BCUT2D eigenvalue weighted by Crippen LogP contribution is -2.25. The van der Waals surface area contributed by atoms with E-state index in [-0.39, 0.29) is 24.0 Å². The molecule has 7 nitrogen and oxygen atoms in total.